The number of carboxylic acids is 1. The molecule has 2 aromatic carbocycles. The molecule has 0 heterocycles. The van der Waals surface area contributed by atoms with Gasteiger partial charge in [-0.3, -0.25) is 0 Å². The molecule has 0 amide bonds. The van der Waals surface area contributed by atoms with E-state index >= 15 is 0 Å². The van der Waals surface area contributed by atoms with Gasteiger partial charge >= 0.3 is 5.97 Å². The van der Waals surface area contributed by atoms with Crippen LogP contribution in [0.5, 0.6) is 0 Å². The van der Waals surface area contributed by atoms with E-state index in [1.807, 2.05) is 0 Å². The SMILES string of the molecule is O=C(O)C(Nc1cccc(F)c1)c1c(F)cccc1Cl. The lowest BCUT2D eigenvalue weighted by atomic mass is 10.1. The summed E-state index contributed by atoms with van der Waals surface area (Å²) in [5.74, 6) is -2.59. The number of benzene rings is 2. The molecule has 3 nitrogen and oxygen atoms in total. The number of halogens is 3. The smallest absolute Gasteiger partial charge is 0.330 e. The van der Waals surface area contributed by atoms with Crippen LogP contribution >= 0.6 is 11.6 Å². The minimum atomic E-state index is -1.41. The highest BCUT2D eigenvalue weighted by Crippen LogP contribution is 2.29. The zero-order chi connectivity index (χ0) is 14.7. The summed E-state index contributed by atoms with van der Waals surface area (Å²) in [6, 6.07) is 7.70. The van der Waals surface area contributed by atoms with Crippen LogP contribution in [0, 0.1) is 11.6 Å². The van der Waals surface area contributed by atoms with E-state index in [-0.39, 0.29) is 16.3 Å². The number of carbonyl (C=O) groups is 1. The van der Waals surface area contributed by atoms with E-state index in [1.54, 1.807) is 0 Å². The molecule has 0 aromatic heterocycles. The Hall–Kier alpha value is -2.14. The monoisotopic (exact) mass is 297 g/mol. The first kappa shape index (κ1) is 14.3. The summed E-state index contributed by atoms with van der Waals surface area (Å²) in [6.45, 7) is 0. The molecule has 2 N–H and O–H groups in total. The average Bonchev–Trinajstić information content (AvgIpc) is 2.37. The molecular formula is C14H10ClF2NO2. The molecule has 0 spiro atoms. The number of carboxylic acid groups (broad SMARTS) is 1. The molecule has 1 atom stereocenters. The number of nitrogens with one attached hydrogen (secondary N) is 1. The fourth-order valence-corrected chi connectivity index (χ4v) is 2.06. The Morgan fingerprint density at radius 2 is 1.90 bits per heavy atom. The molecule has 104 valence electrons. The Bertz CT molecular complexity index is 629. The topological polar surface area (TPSA) is 49.3 Å². The number of anilines is 1. The molecule has 0 aliphatic carbocycles. The highest BCUT2D eigenvalue weighted by molar-refractivity contribution is 6.31. The van der Waals surface area contributed by atoms with Crippen molar-refractivity contribution in [2.24, 2.45) is 0 Å². The summed E-state index contributed by atoms with van der Waals surface area (Å²) < 4.78 is 26.9. The molecule has 0 radical (unpaired) electrons. The molecule has 0 saturated carbocycles. The lowest BCUT2D eigenvalue weighted by Gasteiger charge is -2.18. The van der Waals surface area contributed by atoms with E-state index in [0.717, 1.165) is 12.1 Å². The van der Waals surface area contributed by atoms with Crippen LogP contribution in [-0.4, -0.2) is 11.1 Å². The van der Waals surface area contributed by atoms with Gasteiger partial charge in [-0.2, -0.15) is 0 Å². The van der Waals surface area contributed by atoms with Crippen LogP contribution in [0.2, 0.25) is 5.02 Å². The van der Waals surface area contributed by atoms with Crippen molar-refractivity contribution in [3.05, 3.63) is 64.7 Å². The molecule has 2 rings (SSSR count). The summed E-state index contributed by atoms with van der Waals surface area (Å²) in [6.07, 6.45) is 0. The van der Waals surface area contributed by atoms with E-state index in [2.05, 4.69) is 5.32 Å². The van der Waals surface area contributed by atoms with Gasteiger partial charge in [0.25, 0.3) is 0 Å². The van der Waals surface area contributed by atoms with Gasteiger partial charge in [0.15, 0.2) is 6.04 Å². The Morgan fingerprint density at radius 1 is 1.20 bits per heavy atom. The molecule has 0 saturated heterocycles. The van der Waals surface area contributed by atoms with Crippen molar-refractivity contribution in [2.75, 3.05) is 5.32 Å². The lowest BCUT2D eigenvalue weighted by molar-refractivity contribution is -0.138. The molecule has 1 unspecified atom stereocenters. The maximum atomic E-state index is 13.8. The van der Waals surface area contributed by atoms with Crippen molar-refractivity contribution in [1.29, 1.82) is 0 Å². The molecule has 0 fully saturated rings. The van der Waals surface area contributed by atoms with Gasteiger partial charge in [-0.15, -0.1) is 0 Å². The number of aliphatic carboxylic acids is 1. The van der Waals surface area contributed by atoms with Gasteiger partial charge < -0.3 is 10.4 Å². The number of hydrogen-bond acceptors (Lipinski definition) is 2. The Kier molecular flexibility index (Phi) is 4.20. The molecule has 20 heavy (non-hydrogen) atoms. The zero-order valence-corrected chi connectivity index (χ0v) is 10.9. The highest BCUT2D eigenvalue weighted by Gasteiger charge is 2.25. The van der Waals surface area contributed by atoms with Crippen LogP contribution in [0.15, 0.2) is 42.5 Å². The lowest BCUT2D eigenvalue weighted by Crippen LogP contribution is -2.22. The third-order valence-electron chi connectivity index (χ3n) is 2.67. The summed E-state index contributed by atoms with van der Waals surface area (Å²) in [7, 11) is 0. The molecule has 0 bridgehead atoms. The van der Waals surface area contributed by atoms with Crippen LogP contribution in [0.25, 0.3) is 0 Å². The van der Waals surface area contributed by atoms with Crippen LogP contribution < -0.4 is 5.32 Å². The van der Waals surface area contributed by atoms with E-state index in [9.17, 15) is 18.7 Å². The van der Waals surface area contributed by atoms with E-state index < -0.39 is 23.6 Å². The van der Waals surface area contributed by atoms with Gasteiger partial charge in [0.05, 0.1) is 0 Å². The molecule has 2 aromatic rings. The normalized spacial score (nSPS) is 11.9. The van der Waals surface area contributed by atoms with E-state index in [0.29, 0.717) is 0 Å². The summed E-state index contributed by atoms with van der Waals surface area (Å²) in [4.78, 5) is 11.3. The average molecular weight is 298 g/mol. The fraction of sp³-hybridized carbons (Fsp3) is 0.0714. The minimum absolute atomic E-state index is 0.0127. The Balaban J connectivity index is 2.40. The zero-order valence-electron chi connectivity index (χ0n) is 10.1. The van der Waals surface area contributed by atoms with Crippen molar-refractivity contribution in [3.63, 3.8) is 0 Å². The maximum Gasteiger partial charge on any atom is 0.330 e. The summed E-state index contributed by atoms with van der Waals surface area (Å²) in [5.41, 5.74) is 0.0302. The van der Waals surface area contributed by atoms with Gasteiger partial charge in [-0.05, 0) is 30.3 Å². The van der Waals surface area contributed by atoms with Crippen molar-refractivity contribution in [1.82, 2.24) is 0 Å². The predicted octanol–water partition coefficient (Wildman–Crippen LogP) is 3.86. The second-order valence-corrected chi connectivity index (χ2v) is 4.47. The first-order valence-electron chi connectivity index (χ1n) is 5.68. The van der Waals surface area contributed by atoms with Crippen LogP contribution in [-0.2, 0) is 4.79 Å². The van der Waals surface area contributed by atoms with Crippen molar-refractivity contribution in [2.45, 2.75) is 6.04 Å². The predicted molar refractivity (Wildman–Crippen MR) is 71.8 cm³/mol. The Labute approximate surface area is 118 Å². The van der Waals surface area contributed by atoms with Crippen LogP contribution in [0.1, 0.15) is 11.6 Å². The fourth-order valence-electron chi connectivity index (χ4n) is 1.79. The maximum absolute atomic E-state index is 13.8. The Morgan fingerprint density at radius 3 is 2.50 bits per heavy atom. The quantitative estimate of drug-likeness (QED) is 0.901. The minimum Gasteiger partial charge on any atom is -0.479 e. The van der Waals surface area contributed by atoms with Gasteiger partial charge in [-0.1, -0.05) is 23.7 Å². The van der Waals surface area contributed by atoms with Crippen molar-refractivity contribution >= 4 is 23.3 Å². The number of hydrogen-bond donors (Lipinski definition) is 2. The van der Waals surface area contributed by atoms with E-state index in [4.69, 9.17) is 11.6 Å². The molecule has 0 aliphatic rings. The van der Waals surface area contributed by atoms with Crippen molar-refractivity contribution in [3.8, 4) is 0 Å². The molecule has 0 aliphatic heterocycles. The third kappa shape index (κ3) is 3.05. The van der Waals surface area contributed by atoms with Gasteiger partial charge in [0, 0.05) is 16.3 Å². The van der Waals surface area contributed by atoms with Crippen molar-refractivity contribution < 1.29 is 18.7 Å². The number of rotatable bonds is 4. The molecular weight excluding hydrogens is 288 g/mol. The largest absolute Gasteiger partial charge is 0.479 e. The molecule has 6 heteroatoms. The van der Waals surface area contributed by atoms with Gasteiger partial charge in [-0.25, -0.2) is 13.6 Å². The van der Waals surface area contributed by atoms with E-state index in [1.165, 1.54) is 30.3 Å². The third-order valence-corrected chi connectivity index (χ3v) is 3.00. The first-order valence-corrected chi connectivity index (χ1v) is 6.05. The summed E-state index contributed by atoms with van der Waals surface area (Å²) >= 11 is 5.85. The van der Waals surface area contributed by atoms with Gasteiger partial charge in [0.2, 0.25) is 0 Å². The summed E-state index contributed by atoms with van der Waals surface area (Å²) in [5, 5.41) is 11.8. The second kappa shape index (κ2) is 5.88. The highest BCUT2D eigenvalue weighted by atomic mass is 35.5. The first-order chi connectivity index (χ1) is 9.49. The van der Waals surface area contributed by atoms with Crippen LogP contribution in [0.4, 0.5) is 14.5 Å². The van der Waals surface area contributed by atoms with Crippen LogP contribution in [0.3, 0.4) is 0 Å². The standard InChI is InChI=1S/C14H10ClF2NO2/c15-10-5-2-6-11(17)12(10)13(14(19)20)18-9-4-1-3-8(16)7-9/h1-7,13,18H,(H,19,20). The second-order valence-electron chi connectivity index (χ2n) is 4.06. The van der Waals surface area contributed by atoms with Gasteiger partial charge in [0.1, 0.15) is 11.6 Å².